The Bertz CT molecular complexity index is 1090. The topological polar surface area (TPSA) is 70.7 Å². The quantitative estimate of drug-likeness (QED) is 0.399. The molecule has 0 heterocycles. The van der Waals surface area contributed by atoms with Gasteiger partial charge in [0.25, 0.3) is 11.8 Å². The van der Waals surface area contributed by atoms with Crippen LogP contribution < -0.4 is 15.5 Å². The second kappa shape index (κ2) is 11.5. The van der Waals surface area contributed by atoms with E-state index in [1.54, 1.807) is 19.2 Å². The van der Waals surface area contributed by atoms with Gasteiger partial charge >= 0.3 is 0 Å². The van der Waals surface area contributed by atoms with Gasteiger partial charge in [-0.05, 0) is 61.4 Å². The van der Waals surface area contributed by atoms with Crippen LogP contribution in [-0.2, 0) is 11.2 Å². The van der Waals surface area contributed by atoms with Gasteiger partial charge in [0.15, 0.2) is 0 Å². The first-order valence-electron chi connectivity index (χ1n) is 10.7. The summed E-state index contributed by atoms with van der Waals surface area (Å²) >= 11 is 3.47. The smallest absolute Gasteiger partial charge is 0.263 e. The lowest BCUT2D eigenvalue weighted by Gasteiger charge is -2.28. The van der Waals surface area contributed by atoms with Gasteiger partial charge in [0, 0.05) is 23.0 Å². The summed E-state index contributed by atoms with van der Waals surface area (Å²) in [6.45, 7) is 4.26. The molecule has 3 aromatic carbocycles. The fraction of sp³-hybridized carbons (Fsp3) is 0.231. The van der Waals surface area contributed by atoms with Crippen molar-refractivity contribution in [2.75, 3.05) is 19.1 Å². The Morgan fingerprint density at radius 1 is 1.03 bits per heavy atom. The standard InChI is InChI=1S/C26H28BrN3O3/c1-4-30(29-21-12-14-22(33-3)15-13-21)26(32)24(16-19-8-6-5-7-9-19)28-25(31)20-11-10-18(2)23(27)17-20/h5-15,17,24,29H,4,16H2,1-3H3,(H,28,31). The van der Waals surface area contributed by atoms with Gasteiger partial charge in [-0.1, -0.05) is 52.3 Å². The number of carbonyl (C=O) groups excluding carboxylic acids is 2. The summed E-state index contributed by atoms with van der Waals surface area (Å²) in [5, 5.41) is 4.45. The van der Waals surface area contributed by atoms with Crippen LogP contribution in [0.4, 0.5) is 5.69 Å². The molecule has 0 radical (unpaired) electrons. The first kappa shape index (κ1) is 24.3. The van der Waals surface area contributed by atoms with Crippen molar-refractivity contribution in [3.05, 3.63) is 94.0 Å². The predicted molar refractivity (Wildman–Crippen MR) is 134 cm³/mol. The van der Waals surface area contributed by atoms with E-state index in [0.717, 1.165) is 27.0 Å². The van der Waals surface area contributed by atoms with E-state index in [2.05, 4.69) is 26.7 Å². The average Bonchev–Trinajstić information content (AvgIpc) is 2.84. The molecule has 172 valence electrons. The van der Waals surface area contributed by atoms with E-state index in [0.29, 0.717) is 18.5 Å². The van der Waals surface area contributed by atoms with Crippen LogP contribution >= 0.6 is 15.9 Å². The monoisotopic (exact) mass is 509 g/mol. The van der Waals surface area contributed by atoms with E-state index in [1.165, 1.54) is 5.01 Å². The van der Waals surface area contributed by atoms with Crippen molar-refractivity contribution < 1.29 is 14.3 Å². The van der Waals surface area contributed by atoms with Crippen LogP contribution in [-0.4, -0.2) is 36.5 Å². The highest BCUT2D eigenvalue weighted by molar-refractivity contribution is 9.10. The van der Waals surface area contributed by atoms with Gasteiger partial charge in [0.1, 0.15) is 11.8 Å². The number of anilines is 1. The second-order valence-electron chi connectivity index (χ2n) is 7.60. The molecule has 0 spiro atoms. The van der Waals surface area contributed by atoms with Crippen LogP contribution in [0, 0.1) is 6.92 Å². The average molecular weight is 510 g/mol. The number of hydrogen-bond donors (Lipinski definition) is 2. The first-order chi connectivity index (χ1) is 15.9. The van der Waals surface area contributed by atoms with Gasteiger partial charge in [-0.15, -0.1) is 0 Å². The van der Waals surface area contributed by atoms with Crippen LogP contribution in [0.25, 0.3) is 0 Å². The summed E-state index contributed by atoms with van der Waals surface area (Å²) in [5.41, 5.74) is 6.38. The van der Waals surface area contributed by atoms with Crippen LogP contribution in [0.1, 0.15) is 28.4 Å². The lowest BCUT2D eigenvalue weighted by molar-refractivity contribution is -0.131. The maximum absolute atomic E-state index is 13.5. The summed E-state index contributed by atoms with van der Waals surface area (Å²) in [6.07, 6.45) is 0.374. The van der Waals surface area contributed by atoms with Crippen molar-refractivity contribution in [2.24, 2.45) is 0 Å². The number of nitrogens with zero attached hydrogens (tertiary/aromatic N) is 1. The molecule has 3 rings (SSSR count). The van der Waals surface area contributed by atoms with E-state index in [9.17, 15) is 9.59 Å². The summed E-state index contributed by atoms with van der Waals surface area (Å²) in [6, 6.07) is 21.6. The third-order valence-electron chi connectivity index (χ3n) is 5.26. The van der Waals surface area contributed by atoms with E-state index in [4.69, 9.17) is 4.74 Å². The number of ether oxygens (including phenoxy) is 1. The normalized spacial score (nSPS) is 11.4. The van der Waals surface area contributed by atoms with Crippen LogP contribution in [0.15, 0.2) is 77.3 Å². The number of carbonyl (C=O) groups is 2. The number of nitrogens with one attached hydrogen (secondary N) is 2. The minimum atomic E-state index is -0.745. The maximum Gasteiger partial charge on any atom is 0.263 e. The van der Waals surface area contributed by atoms with E-state index < -0.39 is 6.04 Å². The molecule has 0 aliphatic heterocycles. The number of benzene rings is 3. The minimum absolute atomic E-state index is 0.225. The summed E-state index contributed by atoms with van der Waals surface area (Å²) in [5.74, 6) is 0.204. The molecule has 0 fully saturated rings. The molecule has 1 atom stereocenters. The minimum Gasteiger partial charge on any atom is -0.497 e. The molecule has 33 heavy (non-hydrogen) atoms. The molecule has 0 saturated heterocycles. The molecule has 0 saturated carbocycles. The van der Waals surface area contributed by atoms with Gasteiger partial charge in [-0.2, -0.15) is 0 Å². The molecule has 2 N–H and O–H groups in total. The van der Waals surface area contributed by atoms with Crippen molar-refractivity contribution in [3.63, 3.8) is 0 Å². The van der Waals surface area contributed by atoms with Crippen LogP contribution in [0.5, 0.6) is 5.75 Å². The van der Waals surface area contributed by atoms with Crippen molar-refractivity contribution in [3.8, 4) is 5.75 Å². The lowest BCUT2D eigenvalue weighted by atomic mass is 10.0. The number of amides is 2. The Morgan fingerprint density at radius 2 is 1.73 bits per heavy atom. The van der Waals surface area contributed by atoms with E-state index in [1.807, 2.05) is 74.5 Å². The molecule has 1 unspecified atom stereocenters. The first-order valence-corrected chi connectivity index (χ1v) is 11.5. The highest BCUT2D eigenvalue weighted by atomic mass is 79.9. The number of likely N-dealkylation sites (N-methyl/N-ethyl adjacent to an activating group) is 1. The zero-order chi connectivity index (χ0) is 23.8. The van der Waals surface area contributed by atoms with Gasteiger partial charge in [-0.25, -0.2) is 0 Å². The lowest BCUT2D eigenvalue weighted by Crippen LogP contribution is -2.51. The number of aryl methyl sites for hydroxylation is 1. The Morgan fingerprint density at radius 3 is 2.33 bits per heavy atom. The summed E-state index contributed by atoms with van der Waals surface area (Å²) in [4.78, 5) is 26.5. The molecule has 0 bridgehead atoms. The van der Waals surface area contributed by atoms with Crippen molar-refractivity contribution in [2.45, 2.75) is 26.3 Å². The molecule has 2 amide bonds. The molecular weight excluding hydrogens is 482 g/mol. The number of rotatable bonds is 9. The van der Waals surface area contributed by atoms with Gasteiger partial charge < -0.3 is 10.1 Å². The third kappa shape index (κ3) is 6.58. The van der Waals surface area contributed by atoms with Crippen molar-refractivity contribution in [1.82, 2.24) is 10.3 Å². The predicted octanol–water partition coefficient (Wildman–Crippen LogP) is 4.98. The summed E-state index contributed by atoms with van der Waals surface area (Å²) < 4.78 is 6.04. The number of hydrazine groups is 1. The largest absolute Gasteiger partial charge is 0.497 e. The third-order valence-corrected chi connectivity index (χ3v) is 6.11. The highest BCUT2D eigenvalue weighted by Crippen LogP contribution is 2.19. The zero-order valence-corrected chi connectivity index (χ0v) is 20.6. The molecular formula is C26H28BrN3O3. The fourth-order valence-electron chi connectivity index (χ4n) is 3.33. The van der Waals surface area contributed by atoms with E-state index >= 15 is 0 Å². The fourth-order valence-corrected chi connectivity index (χ4v) is 3.70. The van der Waals surface area contributed by atoms with Crippen LogP contribution in [0.2, 0.25) is 0 Å². The molecule has 3 aromatic rings. The Hall–Kier alpha value is -3.32. The van der Waals surface area contributed by atoms with Crippen molar-refractivity contribution >= 4 is 33.4 Å². The second-order valence-corrected chi connectivity index (χ2v) is 8.46. The SMILES string of the molecule is CCN(Nc1ccc(OC)cc1)C(=O)C(Cc1ccccc1)NC(=O)c1ccc(C)c(Br)c1. The molecule has 6 nitrogen and oxygen atoms in total. The van der Waals surface area contributed by atoms with Gasteiger partial charge in [0.05, 0.1) is 12.8 Å². The number of hydrogen-bond acceptors (Lipinski definition) is 4. The Balaban J connectivity index is 1.82. The molecule has 0 aliphatic rings. The Kier molecular flexibility index (Phi) is 8.49. The molecule has 0 aromatic heterocycles. The van der Waals surface area contributed by atoms with Gasteiger partial charge in [0.2, 0.25) is 0 Å². The zero-order valence-electron chi connectivity index (χ0n) is 19.0. The summed E-state index contributed by atoms with van der Waals surface area (Å²) in [7, 11) is 1.60. The highest BCUT2D eigenvalue weighted by Gasteiger charge is 2.26. The number of methoxy groups -OCH3 is 1. The van der Waals surface area contributed by atoms with E-state index in [-0.39, 0.29) is 11.8 Å². The van der Waals surface area contributed by atoms with Gasteiger partial charge in [-0.3, -0.25) is 20.0 Å². The maximum atomic E-state index is 13.5. The number of halogens is 1. The molecule has 0 aliphatic carbocycles. The van der Waals surface area contributed by atoms with Crippen molar-refractivity contribution in [1.29, 1.82) is 0 Å². The Labute approximate surface area is 203 Å². The molecule has 7 heteroatoms. The van der Waals surface area contributed by atoms with Crippen LogP contribution in [0.3, 0.4) is 0 Å².